The summed E-state index contributed by atoms with van der Waals surface area (Å²) in [6.07, 6.45) is 0.102. The number of aromatic nitrogens is 3. The second-order valence-electron chi connectivity index (χ2n) is 6.80. The summed E-state index contributed by atoms with van der Waals surface area (Å²) in [7, 11) is 1.58. The van der Waals surface area contributed by atoms with Crippen molar-refractivity contribution in [3.63, 3.8) is 0 Å². The lowest BCUT2D eigenvalue weighted by atomic mass is 10.2. The lowest BCUT2D eigenvalue weighted by Gasteiger charge is -2.09. The van der Waals surface area contributed by atoms with Gasteiger partial charge in [-0.15, -0.1) is 10.2 Å². The highest BCUT2D eigenvalue weighted by Gasteiger charge is 2.16. The van der Waals surface area contributed by atoms with Crippen molar-refractivity contribution in [3.05, 3.63) is 59.9 Å². The third-order valence-electron chi connectivity index (χ3n) is 4.45. The molecule has 0 saturated carbocycles. The molecule has 162 valence electrons. The number of carbonyl (C=O) groups is 2. The molecule has 0 atom stereocenters. The molecule has 1 heterocycles. The lowest BCUT2D eigenvalue weighted by molar-refractivity contribution is -0.116. The van der Waals surface area contributed by atoms with Crippen molar-refractivity contribution in [1.82, 2.24) is 14.8 Å². The molecule has 0 aliphatic rings. The van der Waals surface area contributed by atoms with E-state index in [2.05, 4.69) is 20.8 Å². The van der Waals surface area contributed by atoms with Crippen molar-refractivity contribution in [2.75, 3.05) is 23.5 Å². The van der Waals surface area contributed by atoms with Gasteiger partial charge in [-0.05, 0) is 38.1 Å². The second kappa shape index (κ2) is 10.6. The predicted octanol–water partition coefficient (Wildman–Crippen LogP) is 3.53. The van der Waals surface area contributed by atoms with Gasteiger partial charge in [-0.3, -0.25) is 9.59 Å². The number of rotatable bonds is 9. The van der Waals surface area contributed by atoms with Crippen molar-refractivity contribution in [1.29, 1.82) is 0 Å². The molecule has 0 spiro atoms. The van der Waals surface area contributed by atoms with E-state index < -0.39 is 0 Å². The Bertz CT molecular complexity index is 1050. The van der Waals surface area contributed by atoms with Gasteiger partial charge in [0.1, 0.15) is 11.6 Å². The molecule has 8 nitrogen and oxygen atoms in total. The zero-order valence-electron chi connectivity index (χ0n) is 17.7. The molecule has 9 heteroatoms. The van der Waals surface area contributed by atoms with Crippen molar-refractivity contribution in [2.24, 2.45) is 0 Å². The topological polar surface area (TPSA) is 98.1 Å². The summed E-state index contributed by atoms with van der Waals surface area (Å²) in [4.78, 5) is 24.7. The lowest BCUT2D eigenvalue weighted by Crippen LogP contribution is -2.18. The minimum atomic E-state index is -0.168. The molecule has 2 amide bonds. The number of hydrogen-bond acceptors (Lipinski definition) is 6. The normalized spacial score (nSPS) is 10.5. The molecule has 0 saturated heterocycles. The van der Waals surface area contributed by atoms with E-state index in [9.17, 15) is 9.59 Å². The van der Waals surface area contributed by atoms with Crippen LogP contribution in [0.4, 0.5) is 11.4 Å². The third-order valence-corrected chi connectivity index (χ3v) is 5.42. The second-order valence-corrected chi connectivity index (χ2v) is 7.75. The fourth-order valence-corrected chi connectivity index (χ4v) is 3.71. The van der Waals surface area contributed by atoms with Crippen LogP contribution in [0.2, 0.25) is 0 Å². The number of nitrogens with zero attached hydrogens (tertiary/aromatic N) is 3. The van der Waals surface area contributed by atoms with Gasteiger partial charge >= 0.3 is 0 Å². The number of hydrogen-bond donors (Lipinski definition) is 2. The number of nitrogens with one attached hydrogen (secondary N) is 2. The number of carbonyl (C=O) groups excluding carboxylic acids is 2. The highest BCUT2D eigenvalue weighted by molar-refractivity contribution is 7.99. The summed E-state index contributed by atoms with van der Waals surface area (Å²) in [5, 5.41) is 14.6. The predicted molar refractivity (Wildman–Crippen MR) is 122 cm³/mol. The van der Waals surface area contributed by atoms with Crippen LogP contribution in [0.1, 0.15) is 18.3 Å². The number of benzene rings is 2. The first kappa shape index (κ1) is 22.4. The van der Waals surface area contributed by atoms with Crippen LogP contribution in [0.25, 0.3) is 0 Å². The Balaban J connectivity index is 1.57. The molecule has 2 N–H and O–H groups in total. The highest BCUT2D eigenvalue weighted by Crippen LogP contribution is 2.20. The summed E-state index contributed by atoms with van der Waals surface area (Å²) in [6.45, 7) is 4.54. The molecule has 0 fully saturated rings. The monoisotopic (exact) mass is 439 g/mol. The molecule has 31 heavy (non-hydrogen) atoms. The van der Waals surface area contributed by atoms with Crippen LogP contribution in [0.3, 0.4) is 0 Å². The van der Waals surface area contributed by atoms with Gasteiger partial charge in [0.2, 0.25) is 11.8 Å². The molecule has 0 radical (unpaired) electrons. The van der Waals surface area contributed by atoms with Crippen LogP contribution < -0.4 is 15.4 Å². The Kier molecular flexibility index (Phi) is 7.66. The van der Waals surface area contributed by atoms with Crippen molar-refractivity contribution >= 4 is 35.0 Å². The van der Waals surface area contributed by atoms with Crippen molar-refractivity contribution in [3.8, 4) is 5.75 Å². The van der Waals surface area contributed by atoms with Crippen LogP contribution >= 0.6 is 11.8 Å². The third kappa shape index (κ3) is 6.32. The maximum atomic E-state index is 12.4. The Morgan fingerprint density at radius 3 is 2.48 bits per heavy atom. The molecule has 3 rings (SSSR count). The fourth-order valence-electron chi connectivity index (χ4n) is 2.89. The SMILES string of the molecule is CCn1c(CC(=O)Nc2ccc(C)cc2)nnc1SCC(=O)Nc1cccc(OC)c1. The number of aryl methyl sites for hydroxylation is 1. The highest BCUT2D eigenvalue weighted by atomic mass is 32.2. The maximum absolute atomic E-state index is 12.4. The summed E-state index contributed by atoms with van der Waals surface area (Å²) in [6, 6.07) is 14.8. The maximum Gasteiger partial charge on any atom is 0.234 e. The van der Waals surface area contributed by atoms with E-state index in [1.807, 2.05) is 54.8 Å². The Morgan fingerprint density at radius 2 is 1.77 bits per heavy atom. The van der Waals surface area contributed by atoms with Gasteiger partial charge in [-0.25, -0.2) is 0 Å². The van der Waals surface area contributed by atoms with Gasteiger partial charge in [0, 0.05) is 24.0 Å². The van der Waals surface area contributed by atoms with E-state index >= 15 is 0 Å². The standard InChI is InChI=1S/C22H25N5O3S/c1-4-27-19(13-20(28)23-16-10-8-15(2)9-11-16)25-26-22(27)31-14-21(29)24-17-6-5-7-18(12-17)30-3/h5-12H,4,13-14H2,1-3H3,(H,23,28)(H,24,29). The largest absolute Gasteiger partial charge is 0.497 e. The van der Waals surface area contributed by atoms with Crippen LogP contribution in [0.15, 0.2) is 53.7 Å². The van der Waals surface area contributed by atoms with Gasteiger partial charge in [0.15, 0.2) is 5.16 Å². The Labute approximate surface area is 185 Å². The van der Waals surface area contributed by atoms with E-state index in [4.69, 9.17) is 4.74 Å². The van der Waals surface area contributed by atoms with E-state index in [0.29, 0.717) is 29.0 Å². The first-order chi connectivity index (χ1) is 15.0. The quantitative estimate of drug-likeness (QED) is 0.495. The Hall–Kier alpha value is -3.33. The van der Waals surface area contributed by atoms with Gasteiger partial charge in [0.05, 0.1) is 19.3 Å². The van der Waals surface area contributed by atoms with E-state index in [1.54, 1.807) is 19.2 Å². The average molecular weight is 440 g/mol. The number of thioether (sulfide) groups is 1. The summed E-state index contributed by atoms with van der Waals surface area (Å²) < 4.78 is 7.01. The van der Waals surface area contributed by atoms with Crippen LogP contribution in [0.5, 0.6) is 5.75 Å². The molecule has 1 aromatic heterocycles. The molecule has 2 aromatic carbocycles. The van der Waals surface area contributed by atoms with Gasteiger partial charge in [-0.2, -0.15) is 0 Å². The van der Waals surface area contributed by atoms with Crippen LogP contribution in [-0.4, -0.2) is 39.4 Å². The van der Waals surface area contributed by atoms with E-state index in [0.717, 1.165) is 11.3 Å². The fraction of sp³-hybridized carbons (Fsp3) is 0.273. The first-order valence-corrected chi connectivity index (χ1v) is 10.8. The Morgan fingerprint density at radius 1 is 1.03 bits per heavy atom. The summed E-state index contributed by atoms with van der Waals surface area (Å²) in [5.74, 6) is 1.07. The molecule has 0 bridgehead atoms. The van der Waals surface area contributed by atoms with E-state index in [1.165, 1.54) is 11.8 Å². The number of ether oxygens (including phenoxy) is 1. The minimum Gasteiger partial charge on any atom is -0.497 e. The minimum absolute atomic E-state index is 0.102. The zero-order chi connectivity index (χ0) is 22.2. The summed E-state index contributed by atoms with van der Waals surface area (Å²) in [5.41, 5.74) is 2.53. The van der Waals surface area contributed by atoms with E-state index in [-0.39, 0.29) is 24.0 Å². The van der Waals surface area contributed by atoms with Gasteiger partial charge < -0.3 is 19.9 Å². The van der Waals surface area contributed by atoms with Crippen molar-refractivity contribution < 1.29 is 14.3 Å². The smallest absolute Gasteiger partial charge is 0.234 e. The molecular weight excluding hydrogens is 414 g/mol. The van der Waals surface area contributed by atoms with Crippen molar-refractivity contribution in [2.45, 2.75) is 32.0 Å². The molecular formula is C22H25N5O3S. The number of anilines is 2. The molecule has 0 aliphatic carbocycles. The van der Waals surface area contributed by atoms with Gasteiger partial charge in [0.25, 0.3) is 0 Å². The molecule has 0 unspecified atom stereocenters. The number of amides is 2. The first-order valence-electron chi connectivity index (χ1n) is 9.83. The zero-order valence-corrected chi connectivity index (χ0v) is 18.5. The van der Waals surface area contributed by atoms with Gasteiger partial charge in [-0.1, -0.05) is 35.5 Å². The number of methoxy groups -OCH3 is 1. The molecule has 3 aromatic rings. The molecule has 0 aliphatic heterocycles. The average Bonchev–Trinajstić information content (AvgIpc) is 3.15. The summed E-state index contributed by atoms with van der Waals surface area (Å²) >= 11 is 1.28. The van der Waals surface area contributed by atoms with Crippen LogP contribution in [-0.2, 0) is 22.6 Å². The van der Waals surface area contributed by atoms with Crippen LogP contribution in [0, 0.1) is 6.92 Å².